The van der Waals surface area contributed by atoms with E-state index in [4.69, 9.17) is 4.74 Å². The molecule has 0 bridgehead atoms. The number of carbonyl (C=O) groups excluding carboxylic acids is 1. The monoisotopic (exact) mass is 448 g/mol. The van der Waals surface area contributed by atoms with E-state index in [1.165, 1.54) is 15.2 Å². The molecule has 0 radical (unpaired) electrons. The summed E-state index contributed by atoms with van der Waals surface area (Å²) in [5.41, 5.74) is 2.72. The number of hydrogen-bond donors (Lipinski definition) is 2. The number of rotatable bonds is 5. The third-order valence-corrected chi connectivity index (χ3v) is 5.75. The van der Waals surface area contributed by atoms with Gasteiger partial charge in [0, 0.05) is 31.4 Å². The second kappa shape index (κ2) is 8.64. The van der Waals surface area contributed by atoms with Gasteiger partial charge < -0.3 is 15.2 Å². The van der Waals surface area contributed by atoms with Crippen LogP contribution < -0.4 is 11.0 Å². The Kier molecular flexibility index (Phi) is 5.53. The van der Waals surface area contributed by atoms with Gasteiger partial charge in [0.2, 0.25) is 0 Å². The highest BCUT2D eigenvalue weighted by molar-refractivity contribution is 5.99. The summed E-state index contributed by atoms with van der Waals surface area (Å²) in [6, 6.07) is 9.12. The molecule has 4 heterocycles. The van der Waals surface area contributed by atoms with E-state index in [1.807, 2.05) is 36.5 Å². The summed E-state index contributed by atoms with van der Waals surface area (Å²) >= 11 is 0. The average molecular weight is 448 g/mol. The molecule has 33 heavy (non-hydrogen) atoms. The van der Waals surface area contributed by atoms with Crippen molar-refractivity contribution in [3.05, 3.63) is 82.4 Å². The lowest BCUT2D eigenvalue weighted by molar-refractivity contribution is -0.0260. The molecule has 1 saturated heterocycles. The number of fused-ring (bicyclic) bond motifs is 1. The molecule has 170 valence electrons. The van der Waals surface area contributed by atoms with Crippen LogP contribution in [0.1, 0.15) is 28.0 Å². The van der Waals surface area contributed by atoms with E-state index in [0.717, 1.165) is 11.3 Å². The second-order valence-corrected chi connectivity index (χ2v) is 8.16. The average Bonchev–Trinajstić information content (AvgIpc) is 3.48. The molecule has 2 N–H and O–H groups in total. The molecule has 5 rings (SSSR count). The normalized spacial score (nSPS) is 18.5. The van der Waals surface area contributed by atoms with Crippen LogP contribution in [0, 0.1) is 6.92 Å². The maximum atomic E-state index is 13.1. The van der Waals surface area contributed by atoms with Crippen LogP contribution in [0.3, 0.4) is 0 Å². The summed E-state index contributed by atoms with van der Waals surface area (Å²) in [6.07, 6.45) is 6.46. The van der Waals surface area contributed by atoms with Crippen LogP contribution in [-0.4, -0.2) is 60.1 Å². The third-order valence-electron chi connectivity index (χ3n) is 5.75. The Morgan fingerprint density at radius 2 is 2.09 bits per heavy atom. The van der Waals surface area contributed by atoms with Crippen molar-refractivity contribution in [2.75, 3.05) is 13.2 Å². The Morgan fingerprint density at radius 1 is 1.27 bits per heavy atom. The summed E-state index contributed by atoms with van der Waals surface area (Å²) < 4.78 is 9.87. The maximum absolute atomic E-state index is 13.1. The summed E-state index contributed by atoms with van der Waals surface area (Å²) in [5, 5.41) is 17.2. The smallest absolute Gasteiger partial charge is 0.334 e. The Hall–Kier alpha value is -3.76. The Bertz CT molecular complexity index is 1340. The second-order valence-electron chi connectivity index (χ2n) is 8.16. The fraction of sp³-hybridized carbons (Fsp3) is 0.304. The molecule has 0 aliphatic carbocycles. The van der Waals surface area contributed by atoms with Crippen LogP contribution in [-0.2, 0) is 11.3 Å². The van der Waals surface area contributed by atoms with E-state index in [2.05, 4.69) is 15.4 Å². The van der Waals surface area contributed by atoms with Crippen molar-refractivity contribution in [1.82, 2.24) is 29.0 Å². The van der Waals surface area contributed by atoms with Gasteiger partial charge in [-0.3, -0.25) is 13.8 Å². The molecule has 0 spiro atoms. The van der Waals surface area contributed by atoms with Gasteiger partial charge in [0.05, 0.1) is 42.2 Å². The van der Waals surface area contributed by atoms with Crippen molar-refractivity contribution in [2.45, 2.75) is 32.0 Å². The van der Waals surface area contributed by atoms with Crippen molar-refractivity contribution in [2.24, 2.45) is 0 Å². The fourth-order valence-electron chi connectivity index (χ4n) is 4.02. The number of nitrogens with zero attached hydrogens (tertiary/aromatic N) is 5. The van der Waals surface area contributed by atoms with Crippen molar-refractivity contribution in [3.63, 3.8) is 0 Å². The molecule has 1 aliphatic heterocycles. The van der Waals surface area contributed by atoms with Gasteiger partial charge in [-0.15, -0.1) is 0 Å². The molecule has 1 aliphatic rings. The van der Waals surface area contributed by atoms with Crippen molar-refractivity contribution >= 4 is 11.6 Å². The first-order valence-electron chi connectivity index (χ1n) is 10.7. The first kappa shape index (κ1) is 21.1. The van der Waals surface area contributed by atoms with E-state index in [1.54, 1.807) is 24.0 Å². The van der Waals surface area contributed by atoms with Crippen molar-refractivity contribution in [1.29, 1.82) is 0 Å². The number of aryl methyl sites for hydroxylation is 1. The summed E-state index contributed by atoms with van der Waals surface area (Å²) in [7, 11) is 0. The Balaban J connectivity index is 1.47. The van der Waals surface area contributed by atoms with Gasteiger partial charge in [0.15, 0.2) is 5.65 Å². The zero-order valence-corrected chi connectivity index (χ0v) is 18.1. The van der Waals surface area contributed by atoms with E-state index in [9.17, 15) is 14.7 Å². The number of hydrogen-bond acceptors (Lipinski definition) is 6. The number of imidazole rings is 1. The highest BCUT2D eigenvalue weighted by Gasteiger charge is 2.27. The van der Waals surface area contributed by atoms with Crippen LogP contribution in [0.4, 0.5) is 0 Å². The number of aliphatic hydroxyl groups excluding tert-OH is 1. The lowest BCUT2D eigenvalue weighted by Gasteiger charge is -2.28. The van der Waals surface area contributed by atoms with E-state index >= 15 is 0 Å². The van der Waals surface area contributed by atoms with Gasteiger partial charge in [0.25, 0.3) is 5.91 Å². The Labute approximate surface area is 189 Å². The molecular weight excluding hydrogens is 424 g/mol. The molecule has 1 fully saturated rings. The number of ether oxygens (including phenoxy) is 1. The topological polar surface area (TPSA) is 116 Å². The molecule has 10 heteroatoms. The lowest BCUT2D eigenvalue weighted by atomic mass is 10.1. The van der Waals surface area contributed by atoms with Crippen LogP contribution in [0.2, 0.25) is 0 Å². The van der Waals surface area contributed by atoms with Gasteiger partial charge >= 0.3 is 5.69 Å². The van der Waals surface area contributed by atoms with Gasteiger partial charge in [-0.1, -0.05) is 12.1 Å². The quantitative estimate of drug-likeness (QED) is 0.469. The number of aromatic nitrogens is 5. The standard InChI is InChI=1S/C23H24N6O4/c1-15-11-28-21(25-15)18(22(31)26-19-7-10-33-14-20(19)30)13-27(23(28)32)12-16-3-5-17(6-4-16)29-9-2-8-24-29/h2-6,8-9,11,13,19-20,30H,7,10,12,14H2,1H3,(H,26,31)/t19-,20-/m0/s1. The number of benzene rings is 1. The maximum Gasteiger partial charge on any atom is 0.334 e. The minimum Gasteiger partial charge on any atom is -0.389 e. The SMILES string of the molecule is Cc1cn2c(=O)n(Cc3ccc(-n4cccn4)cc3)cc(C(=O)N[C@H]3CCOC[C@@H]3O)c2n1. The zero-order valence-electron chi connectivity index (χ0n) is 18.1. The first-order valence-corrected chi connectivity index (χ1v) is 10.7. The highest BCUT2D eigenvalue weighted by Crippen LogP contribution is 2.14. The summed E-state index contributed by atoms with van der Waals surface area (Å²) in [6.45, 7) is 2.70. The first-order chi connectivity index (χ1) is 16.0. The van der Waals surface area contributed by atoms with Crippen molar-refractivity contribution < 1.29 is 14.6 Å². The van der Waals surface area contributed by atoms with E-state index in [-0.39, 0.29) is 30.3 Å². The van der Waals surface area contributed by atoms with E-state index in [0.29, 0.717) is 24.4 Å². The molecule has 1 aromatic carbocycles. The molecule has 4 aromatic rings. The number of nitrogens with one attached hydrogen (secondary N) is 1. The number of aliphatic hydroxyl groups is 1. The van der Waals surface area contributed by atoms with E-state index < -0.39 is 12.1 Å². The summed E-state index contributed by atoms with van der Waals surface area (Å²) in [4.78, 5) is 30.6. The minimum absolute atomic E-state index is 0.177. The Morgan fingerprint density at radius 3 is 2.82 bits per heavy atom. The van der Waals surface area contributed by atoms with Crippen LogP contribution in [0.25, 0.3) is 11.3 Å². The fourth-order valence-corrected chi connectivity index (χ4v) is 4.02. The molecule has 10 nitrogen and oxygen atoms in total. The molecule has 0 unspecified atom stereocenters. The third kappa shape index (κ3) is 4.18. The van der Waals surface area contributed by atoms with Gasteiger partial charge in [-0.05, 0) is 37.1 Å². The summed E-state index contributed by atoms with van der Waals surface area (Å²) in [5.74, 6) is -0.390. The number of carbonyl (C=O) groups is 1. The highest BCUT2D eigenvalue weighted by atomic mass is 16.5. The minimum atomic E-state index is -0.778. The molecule has 1 amide bonds. The molecule has 0 saturated carbocycles. The zero-order chi connectivity index (χ0) is 22.9. The molecule has 2 atom stereocenters. The van der Waals surface area contributed by atoms with Crippen LogP contribution in [0.15, 0.2) is 59.9 Å². The van der Waals surface area contributed by atoms with Crippen LogP contribution in [0.5, 0.6) is 0 Å². The lowest BCUT2D eigenvalue weighted by Crippen LogP contribution is -2.49. The molecule has 3 aromatic heterocycles. The van der Waals surface area contributed by atoms with Crippen LogP contribution >= 0.6 is 0 Å². The predicted octanol–water partition coefficient (Wildman–Crippen LogP) is 0.918. The number of amides is 1. The largest absolute Gasteiger partial charge is 0.389 e. The van der Waals surface area contributed by atoms with Crippen molar-refractivity contribution in [3.8, 4) is 5.69 Å². The van der Waals surface area contributed by atoms with Gasteiger partial charge in [-0.25, -0.2) is 14.5 Å². The van der Waals surface area contributed by atoms with Gasteiger partial charge in [0.1, 0.15) is 0 Å². The molecular formula is C23H24N6O4. The van der Waals surface area contributed by atoms with Gasteiger partial charge in [-0.2, -0.15) is 5.10 Å². The predicted molar refractivity (Wildman–Crippen MR) is 120 cm³/mol.